The third-order valence-electron chi connectivity index (χ3n) is 4.52. The van der Waals surface area contributed by atoms with Crippen molar-refractivity contribution in [1.82, 2.24) is 14.9 Å². The van der Waals surface area contributed by atoms with Gasteiger partial charge >= 0.3 is 0 Å². The number of rotatable bonds is 5. The number of hydrogen-bond acceptors (Lipinski definition) is 5. The highest BCUT2D eigenvalue weighted by molar-refractivity contribution is 7.13. The maximum absolute atomic E-state index is 12.6. The van der Waals surface area contributed by atoms with Gasteiger partial charge in [0.25, 0.3) is 5.56 Å². The van der Waals surface area contributed by atoms with Crippen molar-refractivity contribution in [2.24, 2.45) is 0 Å². The van der Waals surface area contributed by atoms with Crippen molar-refractivity contribution in [3.05, 3.63) is 69.0 Å². The lowest BCUT2D eigenvalue weighted by molar-refractivity contribution is 0.241. The molecular formula is C20H21N3O2S. The van der Waals surface area contributed by atoms with Crippen LogP contribution in [-0.4, -0.2) is 28.0 Å². The summed E-state index contributed by atoms with van der Waals surface area (Å²) in [6, 6.07) is 12.1. The molecule has 0 saturated carbocycles. The first kappa shape index (κ1) is 17.0. The van der Waals surface area contributed by atoms with Gasteiger partial charge in [-0.1, -0.05) is 18.2 Å². The predicted octanol–water partition coefficient (Wildman–Crippen LogP) is 3.46. The second kappa shape index (κ2) is 7.43. The standard InChI is InChI=1S/C20H21N3O2S/c1-2-25-15-6-3-5-14(11-15)12-23-9-8-17-16(13-23)20(24)22-19(21-17)18-7-4-10-26-18/h3-7,10-11H,2,8-9,12-13H2,1H3,(H,21,22,24). The normalized spacial score (nSPS) is 14.2. The molecule has 0 atom stereocenters. The predicted molar refractivity (Wildman–Crippen MR) is 104 cm³/mol. The van der Waals surface area contributed by atoms with Crippen molar-refractivity contribution in [1.29, 1.82) is 0 Å². The Kier molecular flexibility index (Phi) is 4.86. The maximum Gasteiger partial charge on any atom is 0.255 e. The Labute approximate surface area is 156 Å². The molecular weight excluding hydrogens is 346 g/mol. The molecule has 0 unspecified atom stereocenters. The lowest BCUT2D eigenvalue weighted by atomic mass is 10.1. The number of H-pyrrole nitrogens is 1. The highest BCUT2D eigenvalue weighted by atomic mass is 32.1. The molecule has 1 aliphatic rings. The highest BCUT2D eigenvalue weighted by Crippen LogP contribution is 2.23. The molecule has 0 aliphatic carbocycles. The molecule has 0 saturated heterocycles. The fraction of sp³-hybridized carbons (Fsp3) is 0.300. The lowest BCUT2D eigenvalue weighted by Crippen LogP contribution is -2.35. The van der Waals surface area contributed by atoms with Gasteiger partial charge in [-0.05, 0) is 36.1 Å². The third kappa shape index (κ3) is 3.57. The molecule has 1 N–H and O–H groups in total. The second-order valence-corrected chi connectivity index (χ2v) is 7.31. The Morgan fingerprint density at radius 1 is 1.31 bits per heavy atom. The van der Waals surface area contributed by atoms with E-state index in [9.17, 15) is 4.79 Å². The van der Waals surface area contributed by atoms with Crippen molar-refractivity contribution < 1.29 is 4.74 Å². The summed E-state index contributed by atoms with van der Waals surface area (Å²) in [6.07, 6.45) is 0.794. The van der Waals surface area contributed by atoms with Gasteiger partial charge in [-0.3, -0.25) is 9.69 Å². The number of ether oxygens (including phenoxy) is 1. The molecule has 1 aliphatic heterocycles. The molecule has 5 nitrogen and oxygen atoms in total. The first-order valence-electron chi connectivity index (χ1n) is 8.83. The van der Waals surface area contributed by atoms with Crippen molar-refractivity contribution in [3.8, 4) is 16.5 Å². The Morgan fingerprint density at radius 2 is 2.23 bits per heavy atom. The van der Waals surface area contributed by atoms with Gasteiger partial charge in [0.2, 0.25) is 0 Å². The molecule has 6 heteroatoms. The maximum atomic E-state index is 12.6. The number of nitrogens with zero attached hydrogens (tertiary/aromatic N) is 2. The van der Waals surface area contributed by atoms with Gasteiger partial charge in [-0.15, -0.1) is 11.3 Å². The number of aromatic amines is 1. The van der Waals surface area contributed by atoms with E-state index in [-0.39, 0.29) is 5.56 Å². The third-order valence-corrected chi connectivity index (χ3v) is 5.39. The summed E-state index contributed by atoms with van der Waals surface area (Å²) in [4.78, 5) is 23.5. The van der Waals surface area contributed by atoms with E-state index in [2.05, 4.69) is 22.0 Å². The zero-order chi connectivity index (χ0) is 17.9. The van der Waals surface area contributed by atoms with Crippen molar-refractivity contribution in [3.63, 3.8) is 0 Å². The molecule has 0 radical (unpaired) electrons. The first-order chi connectivity index (χ1) is 12.7. The van der Waals surface area contributed by atoms with Crippen LogP contribution in [0.2, 0.25) is 0 Å². The van der Waals surface area contributed by atoms with Crippen LogP contribution in [0, 0.1) is 0 Å². The van der Waals surface area contributed by atoms with E-state index in [1.165, 1.54) is 5.56 Å². The van der Waals surface area contributed by atoms with Crippen LogP contribution < -0.4 is 10.3 Å². The molecule has 4 rings (SSSR count). The number of benzene rings is 1. The van der Waals surface area contributed by atoms with E-state index in [0.29, 0.717) is 19.0 Å². The van der Waals surface area contributed by atoms with E-state index >= 15 is 0 Å². The number of nitrogens with one attached hydrogen (secondary N) is 1. The van der Waals surface area contributed by atoms with E-state index in [0.717, 1.165) is 41.4 Å². The lowest BCUT2D eigenvalue weighted by Gasteiger charge is -2.27. The Hall–Kier alpha value is -2.44. The Morgan fingerprint density at radius 3 is 3.04 bits per heavy atom. The SMILES string of the molecule is CCOc1cccc(CN2CCc3nc(-c4cccs4)[nH]c(=O)c3C2)c1. The largest absolute Gasteiger partial charge is 0.494 e. The summed E-state index contributed by atoms with van der Waals surface area (Å²) in [7, 11) is 0. The van der Waals surface area contributed by atoms with Gasteiger partial charge in [0.05, 0.1) is 22.7 Å². The summed E-state index contributed by atoms with van der Waals surface area (Å²) >= 11 is 1.59. The zero-order valence-corrected chi connectivity index (χ0v) is 15.5. The van der Waals surface area contributed by atoms with Crippen LogP contribution in [0.3, 0.4) is 0 Å². The topological polar surface area (TPSA) is 58.2 Å². The molecule has 0 bridgehead atoms. The van der Waals surface area contributed by atoms with Crippen molar-refractivity contribution in [2.45, 2.75) is 26.4 Å². The molecule has 0 amide bonds. The number of fused-ring (bicyclic) bond motifs is 1. The van der Waals surface area contributed by atoms with Crippen LogP contribution in [0.1, 0.15) is 23.7 Å². The molecule has 1 aromatic carbocycles. The number of aromatic nitrogens is 2. The fourth-order valence-corrected chi connectivity index (χ4v) is 3.97. The van der Waals surface area contributed by atoms with Crippen LogP contribution in [0.5, 0.6) is 5.75 Å². The average molecular weight is 367 g/mol. The summed E-state index contributed by atoms with van der Waals surface area (Å²) in [5.41, 5.74) is 2.89. The average Bonchev–Trinajstić information content (AvgIpc) is 3.17. The fourth-order valence-electron chi connectivity index (χ4n) is 3.30. The number of hydrogen-bond donors (Lipinski definition) is 1. The zero-order valence-electron chi connectivity index (χ0n) is 14.7. The van der Waals surface area contributed by atoms with E-state index < -0.39 is 0 Å². The molecule has 134 valence electrons. The van der Waals surface area contributed by atoms with Gasteiger partial charge in [-0.25, -0.2) is 4.98 Å². The van der Waals surface area contributed by atoms with Gasteiger partial charge in [0.1, 0.15) is 5.75 Å². The van der Waals surface area contributed by atoms with E-state index in [4.69, 9.17) is 9.72 Å². The smallest absolute Gasteiger partial charge is 0.255 e. The van der Waals surface area contributed by atoms with Crippen LogP contribution in [0.15, 0.2) is 46.6 Å². The molecule has 3 heterocycles. The van der Waals surface area contributed by atoms with Crippen LogP contribution in [0.4, 0.5) is 0 Å². The van der Waals surface area contributed by atoms with Gasteiger partial charge in [0.15, 0.2) is 5.82 Å². The van der Waals surface area contributed by atoms with Crippen molar-refractivity contribution >= 4 is 11.3 Å². The minimum Gasteiger partial charge on any atom is -0.494 e. The summed E-state index contributed by atoms with van der Waals surface area (Å²) in [5, 5.41) is 1.99. The molecule has 26 heavy (non-hydrogen) atoms. The van der Waals surface area contributed by atoms with Gasteiger partial charge in [0, 0.05) is 26.1 Å². The monoisotopic (exact) mass is 367 g/mol. The minimum atomic E-state index is -0.0221. The first-order valence-corrected chi connectivity index (χ1v) is 9.71. The summed E-state index contributed by atoms with van der Waals surface area (Å²) in [5.74, 6) is 1.57. The molecule has 0 spiro atoms. The van der Waals surface area contributed by atoms with Gasteiger partial charge < -0.3 is 9.72 Å². The summed E-state index contributed by atoms with van der Waals surface area (Å²) < 4.78 is 5.58. The van der Waals surface area contributed by atoms with E-state index in [1.54, 1.807) is 11.3 Å². The van der Waals surface area contributed by atoms with E-state index in [1.807, 2.05) is 36.6 Å². The van der Waals surface area contributed by atoms with Gasteiger partial charge in [-0.2, -0.15) is 0 Å². The molecule has 3 aromatic rings. The van der Waals surface area contributed by atoms with Crippen LogP contribution in [-0.2, 0) is 19.5 Å². The molecule has 0 fully saturated rings. The number of thiophene rings is 1. The minimum absolute atomic E-state index is 0.0221. The molecule has 2 aromatic heterocycles. The Bertz CT molecular complexity index is 950. The Balaban J connectivity index is 1.53. The summed E-state index contributed by atoms with van der Waals surface area (Å²) in [6.45, 7) is 4.96. The van der Waals surface area contributed by atoms with Crippen LogP contribution in [0.25, 0.3) is 10.7 Å². The van der Waals surface area contributed by atoms with Crippen LogP contribution >= 0.6 is 11.3 Å². The van der Waals surface area contributed by atoms with Crippen molar-refractivity contribution in [2.75, 3.05) is 13.2 Å². The second-order valence-electron chi connectivity index (χ2n) is 6.36. The highest BCUT2D eigenvalue weighted by Gasteiger charge is 2.21. The quantitative estimate of drug-likeness (QED) is 0.750.